The van der Waals surface area contributed by atoms with E-state index in [0.29, 0.717) is 11.3 Å². The molecular formula is C16H22N2O5S. The molecule has 0 unspecified atom stereocenters. The van der Waals surface area contributed by atoms with Crippen LogP contribution in [0.1, 0.15) is 31.7 Å². The summed E-state index contributed by atoms with van der Waals surface area (Å²) >= 11 is 0. The number of carbonyl (C=O) groups is 2. The molecule has 0 bridgehead atoms. The molecule has 1 amide bonds. The lowest BCUT2D eigenvalue weighted by atomic mass is 10.1. The van der Waals surface area contributed by atoms with Crippen molar-refractivity contribution in [1.29, 1.82) is 0 Å². The van der Waals surface area contributed by atoms with Crippen molar-refractivity contribution in [2.75, 3.05) is 12.4 Å². The van der Waals surface area contributed by atoms with E-state index in [1.807, 2.05) is 0 Å². The highest BCUT2D eigenvalue weighted by Crippen LogP contribution is 2.35. The molecule has 1 atom stereocenters. The minimum atomic E-state index is -3.82. The van der Waals surface area contributed by atoms with E-state index in [1.165, 1.54) is 20.1 Å². The first-order valence-electron chi connectivity index (χ1n) is 7.70. The van der Waals surface area contributed by atoms with Crippen LogP contribution in [0.15, 0.2) is 23.1 Å². The van der Waals surface area contributed by atoms with Crippen LogP contribution in [0.5, 0.6) is 0 Å². The first-order valence-corrected chi connectivity index (χ1v) is 9.18. The number of anilines is 1. The van der Waals surface area contributed by atoms with Crippen LogP contribution in [0, 0.1) is 12.8 Å². The molecule has 0 spiro atoms. The molecule has 1 aliphatic carbocycles. The van der Waals surface area contributed by atoms with Gasteiger partial charge in [0, 0.05) is 18.7 Å². The molecule has 1 aliphatic rings. The van der Waals surface area contributed by atoms with Crippen molar-refractivity contribution in [1.82, 2.24) is 4.72 Å². The van der Waals surface area contributed by atoms with Gasteiger partial charge in [-0.1, -0.05) is 6.07 Å². The third-order valence-electron chi connectivity index (χ3n) is 3.91. The lowest BCUT2D eigenvalue weighted by Crippen LogP contribution is -2.38. The fourth-order valence-electron chi connectivity index (χ4n) is 2.50. The predicted molar refractivity (Wildman–Crippen MR) is 88.9 cm³/mol. The van der Waals surface area contributed by atoms with E-state index in [9.17, 15) is 18.0 Å². The van der Waals surface area contributed by atoms with E-state index in [0.717, 1.165) is 12.8 Å². The van der Waals surface area contributed by atoms with E-state index in [4.69, 9.17) is 0 Å². The van der Waals surface area contributed by atoms with Crippen LogP contribution in [0.2, 0.25) is 0 Å². The van der Waals surface area contributed by atoms with Crippen LogP contribution >= 0.6 is 0 Å². The average molecular weight is 354 g/mol. The van der Waals surface area contributed by atoms with Crippen molar-refractivity contribution < 1.29 is 22.7 Å². The molecule has 0 radical (unpaired) electrons. The van der Waals surface area contributed by atoms with Gasteiger partial charge in [-0.2, -0.15) is 0 Å². The number of sulfonamides is 1. The second-order valence-corrected chi connectivity index (χ2v) is 7.69. The highest BCUT2D eigenvalue weighted by atomic mass is 32.2. The third-order valence-corrected chi connectivity index (χ3v) is 5.54. The Bertz CT molecular complexity index is 741. The third kappa shape index (κ3) is 4.78. The summed E-state index contributed by atoms with van der Waals surface area (Å²) in [6.45, 7) is 3.03. The van der Waals surface area contributed by atoms with E-state index in [1.54, 1.807) is 19.1 Å². The largest absolute Gasteiger partial charge is 0.469 e. The summed E-state index contributed by atoms with van der Waals surface area (Å²) in [5.74, 6) is -0.576. The second kappa shape index (κ2) is 7.31. The molecule has 2 N–H and O–H groups in total. The van der Waals surface area contributed by atoms with Gasteiger partial charge >= 0.3 is 5.97 Å². The van der Waals surface area contributed by atoms with E-state index in [-0.39, 0.29) is 23.1 Å². The number of methoxy groups -OCH3 is 1. The molecule has 1 saturated carbocycles. The normalized spacial score (nSPS) is 15.6. The Morgan fingerprint density at radius 2 is 2.00 bits per heavy atom. The van der Waals surface area contributed by atoms with Gasteiger partial charge in [-0.25, -0.2) is 13.1 Å². The smallest absolute Gasteiger partial charge is 0.307 e. The molecule has 8 heteroatoms. The van der Waals surface area contributed by atoms with Crippen molar-refractivity contribution in [3.8, 4) is 0 Å². The van der Waals surface area contributed by atoms with Crippen LogP contribution < -0.4 is 10.0 Å². The van der Waals surface area contributed by atoms with Gasteiger partial charge in [0.25, 0.3) is 0 Å². The molecule has 1 fully saturated rings. The first kappa shape index (κ1) is 18.4. The quantitative estimate of drug-likeness (QED) is 0.724. The number of amides is 1. The number of nitrogens with one attached hydrogen (secondary N) is 2. The summed E-state index contributed by atoms with van der Waals surface area (Å²) in [7, 11) is -2.54. The number of esters is 1. The highest BCUT2D eigenvalue weighted by molar-refractivity contribution is 7.89. The van der Waals surface area contributed by atoms with Crippen molar-refractivity contribution in [2.45, 2.75) is 44.0 Å². The van der Waals surface area contributed by atoms with Crippen molar-refractivity contribution >= 4 is 27.6 Å². The molecule has 7 nitrogen and oxygen atoms in total. The zero-order valence-corrected chi connectivity index (χ0v) is 14.8. The lowest BCUT2D eigenvalue weighted by molar-refractivity contribution is -0.141. The van der Waals surface area contributed by atoms with Crippen LogP contribution in [-0.2, 0) is 24.3 Å². The summed E-state index contributed by atoms with van der Waals surface area (Å²) in [5, 5.41) is 2.57. The summed E-state index contributed by atoms with van der Waals surface area (Å²) in [6.07, 6.45) is 1.77. The minimum Gasteiger partial charge on any atom is -0.469 e. The lowest BCUT2D eigenvalue weighted by Gasteiger charge is -2.18. The van der Waals surface area contributed by atoms with Crippen molar-refractivity contribution in [3.63, 3.8) is 0 Å². The van der Waals surface area contributed by atoms with Crippen LogP contribution in [-0.4, -0.2) is 33.4 Å². The molecule has 1 aromatic carbocycles. The van der Waals surface area contributed by atoms with Crippen LogP contribution in [0.4, 0.5) is 5.69 Å². The standard InChI is InChI=1S/C16H22N2O5S/c1-10-4-7-13(17-11(2)19)8-15(10)24(21,22)18-14(12-5-6-12)9-16(20)23-3/h4,7-8,12,14,18H,5-6,9H2,1-3H3,(H,17,19)/t14-/m1/s1. The zero-order chi connectivity index (χ0) is 17.9. The Balaban J connectivity index is 2.25. The van der Waals surface area contributed by atoms with Gasteiger partial charge in [0.2, 0.25) is 15.9 Å². The maximum atomic E-state index is 12.7. The molecule has 1 aromatic rings. The molecule has 0 saturated heterocycles. The Hall–Kier alpha value is -1.93. The van der Waals surface area contributed by atoms with Gasteiger partial charge < -0.3 is 10.1 Å². The van der Waals surface area contributed by atoms with Gasteiger partial charge in [0.1, 0.15) is 0 Å². The molecule has 132 valence electrons. The van der Waals surface area contributed by atoms with Gasteiger partial charge in [-0.05, 0) is 43.4 Å². The topological polar surface area (TPSA) is 102 Å². The van der Waals surface area contributed by atoms with Crippen LogP contribution in [0.3, 0.4) is 0 Å². The van der Waals surface area contributed by atoms with E-state index < -0.39 is 22.0 Å². The van der Waals surface area contributed by atoms with E-state index >= 15 is 0 Å². The Morgan fingerprint density at radius 3 is 2.54 bits per heavy atom. The number of hydrogen-bond donors (Lipinski definition) is 2. The molecule has 0 heterocycles. The number of hydrogen-bond acceptors (Lipinski definition) is 5. The van der Waals surface area contributed by atoms with E-state index in [2.05, 4.69) is 14.8 Å². The molecule has 0 aliphatic heterocycles. The van der Waals surface area contributed by atoms with Crippen molar-refractivity contribution in [2.24, 2.45) is 5.92 Å². The maximum Gasteiger partial charge on any atom is 0.307 e. The monoisotopic (exact) mass is 354 g/mol. The maximum absolute atomic E-state index is 12.7. The van der Waals surface area contributed by atoms with Gasteiger partial charge in [-0.3, -0.25) is 9.59 Å². The highest BCUT2D eigenvalue weighted by Gasteiger charge is 2.36. The first-order chi connectivity index (χ1) is 11.2. The number of aryl methyl sites for hydroxylation is 1. The summed E-state index contributed by atoms with van der Waals surface area (Å²) in [4.78, 5) is 22.8. The van der Waals surface area contributed by atoms with Crippen molar-refractivity contribution in [3.05, 3.63) is 23.8 Å². The Labute approximate surface area is 141 Å². The van der Waals surface area contributed by atoms with Gasteiger partial charge in [-0.15, -0.1) is 0 Å². The molecule has 0 aromatic heterocycles. The fourth-order valence-corrected chi connectivity index (χ4v) is 4.07. The average Bonchev–Trinajstić information content (AvgIpc) is 3.32. The van der Waals surface area contributed by atoms with Gasteiger partial charge in [0.05, 0.1) is 18.4 Å². The number of carbonyl (C=O) groups excluding carboxylic acids is 2. The van der Waals surface area contributed by atoms with Gasteiger partial charge in [0.15, 0.2) is 0 Å². The predicted octanol–water partition coefficient (Wildman–Crippen LogP) is 1.57. The van der Waals surface area contributed by atoms with Crippen LogP contribution in [0.25, 0.3) is 0 Å². The molecule has 24 heavy (non-hydrogen) atoms. The Morgan fingerprint density at radius 1 is 1.33 bits per heavy atom. The molecular weight excluding hydrogens is 332 g/mol. The Kier molecular flexibility index (Phi) is 5.61. The summed E-state index contributed by atoms with van der Waals surface area (Å²) in [5.41, 5.74) is 0.966. The number of benzene rings is 1. The molecule has 2 rings (SSSR count). The zero-order valence-electron chi connectivity index (χ0n) is 14.0. The number of ether oxygens (including phenoxy) is 1. The minimum absolute atomic E-state index is 0.00479. The second-order valence-electron chi connectivity index (χ2n) is 6.01. The fraction of sp³-hybridized carbons (Fsp3) is 0.500. The number of rotatable bonds is 7. The SMILES string of the molecule is COC(=O)C[C@@H](NS(=O)(=O)c1cc(NC(C)=O)ccc1C)C1CC1. The summed E-state index contributed by atoms with van der Waals surface area (Å²) < 4.78 is 32.7. The summed E-state index contributed by atoms with van der Waals surface area (Å²) in [6, 6.07) is 4.21.